The van der Waals surface area contributed by atoms with Gasteiger partial charge in [-0.3, -0.25) is 0 Å². The summed E-state index contributed by atoms with van der Waals surface area (Å²) in [4.78, 5) is 0. The first-order valence-electron chi connectivity index (χ1n) is 13.8. The van der Waals surface area contributed by atoms with Crippen LogP contribution in [0.25, 0.3) is 0 Å². The summed E-state index contributed by atoms with van der Waals surface area (Å²) in [6.45, 7) is 9.07. The molecular formula is C30H51N2+. The lowest BCUT2D eigenvalue weighted by molar-refractivity contribution is -0.696. The summed E-state index contributed by atoms with van der Waals surface area (Å²) in [5.41, 5.74) is 1.38. The monoisotopic (exact) mass is 439 g/mol. The Kier molecular flexibility index (Phi) is 14.2. The van der Waals surface area contributed by atoms with Crippen molar-refractivity contribution in [1.29, 1.82) is 0 Å². The molecule has 0 unspecified atom stereocenters. The van der Waals surface area contributed by atoms with Crippen molar-refractivity contribution in [2.75, 3.05) is 0 Å². The standard InChI is InChI=1S/C30H51N2/c1-4-5-6-7-8-9-10-11-12-13-14-15-16-17-21-24-31-25-26-32(30(31)28(2)3)27-29-22-19-18-20-23-29/h18-20,22-23,25-26,28H,4-17,21,24,27H2,1-3H3/q+1. The Labute approximate surface area is 199 Å². The second-order valence-electron chi connectivity index (χ2n) is 10.1. The Hall–Kier alpha value is -1.57. The maximum atomic E-state index is 2.50. The second-order valence-corrected chi connectivity index (χ2v) is 10.1. The third kappa shape index (κ3) is 10.8. The van der Waals surface area contributed by atoms with Gasteiger partial charge < -0.3 is 0 Å². The zero-order chi connectivity index (χ0) is 22.9. The van der Waals surface area contributed by atoms with Gasteiger partial charge in [-0.1, -0.05) is 135 Å². The average molecular weight is 440 g/mol. The zero-order valence-electron chi connectivity index (χ0n) is 21.5. The Balaban J connectivity index is 1.52. The van der Waals surface area contributed by atoms with E-state index in [0.717, 1.165) is 13.1 Å². The summed E-state index contributed by atoms with van der Waals surface area (Å²) in [5.74, 6) is 2.00. The molecule has 0 aliphatic rings. The quantitative estimate of drug-likeness (QED) is 0.153. The van der Waals surface area contributed by atoms with Gasteiger partial charge in [0.05, 0.1) is 12.5 Å². The van der Waals surface area contributed by atoms with E-state index in [1.807, 2.05) is 0 Å². The number of nitrogens with zero attached hydrogens (tertiary/aromatic N) is 2. The molecule has 2 aromatic rings. The maximum Gasteiger partial charge on any atom is 0.259 e. The number of hydrogen-bond acceptors (Lipinski definition) is 0. The number of benzene rings is 1. The lowest BCUT2D eigenvalue weighted by Gasteiger charge is -2.08. The van der Waals surface area contributed by atoms with Crippen LogP contribution in [0.3, 0.4) is 0 Å². The third-order valence-corrected chi connectivity index (χ3v) is 6.73. The van der Waals surface area contributed by atoms with Crippen LogP contribution in [-0.2, 0) is 13.1 Å². The van der Waals surface area contributed by atoms with Gasteiger partial charge in [-0.25, -0.2) is 9.13 Å². The van der Waals surface area contributed by atoms with Crippen LogP contribution in [0.15, 0.2) is 42.7 Å². The highest BCUT2D eigenvalue weighted by molar-refractivity contribution is 5.13. The molecule has 2 rings (SSSR count). The molecule has 0 N–H and O–H groups in total. The fourth-order valence-corrected chi connectivity index (χ4v) is 4.90. The first-order valence-corrected chi connectivity index (χ1v) is 13.8. The van der Waals surface area contributed by atoms with Crippen LogP contribution in [-0.4, -0.2) is 4.57 Å². The van der Waals surface area contributed by atoms with Crippen LogP contribution >= 0.6 is 0 Å². The van der Waals surface area contributed by atoms with E-state index in [9.17, 15) is 0 Å². The lowest BCUT2D eigenvalue weighted by atomic mass is 10.0. The molecule has 1 aromatic heterocycles. The molecule has 0 saturated heterocycles. The SMILES string of the molecule is CCCCCCCCCCCCCCCCCn1cc[n+](Cc2ccccc2)c1C(C)C. The summed E-state index contributed by atoms with van der Waals surface area (Å²) in [5, 5.41) is 0. The summed E-state index contributed by atoms with van der Waals surface area (Å²) < 4.78 is 4.93. The third-order valence-electron chi connectivity index (χ3n) is 6.73. The van der Waals surface area contributed by atoms with E-state index in [2.05, 4.69) is 72.6 Å². The summed E-state index contributed by atoms with van der Waals surface area (Å²) >= 11 is 0. The molecule has 0 radical (unpaired) electrons. The summed E-state index contributed by atoms with van der Waals surface area (Å²) in [6.07, 6.45) is 26.0. The Morgan fingerprint density at radius 2 is 1.19 bits per heavy atom. The largest absolute Gasteiger partial charge is 0.259 e. The molecule has 0 bridgehead atoms. The molecule has 1 heterocycles. The normalized spacial score (nSPS) is 11.5. The molecule has 180 valence electrons. The van der Waals surface area contributed by atoms with E-state index >= 15 is 0 Å². The molecule has 0 aliphatic carbocycles. The average Bonchev–Trinajstić information content (AvgIpc) is 3.19. The molecule has 0 fully saturated rings. The number of aromatic nitrogens is 2. The van der Waals surface area contributed by atoms with Gasteiger partial charge in [-0.15, -0.1) is 0 Å². The van der Waals surface area contributed by atoms with Crippen LogP contribution in [0.5, 0.6) is 0 Å². The predicted octanol–water partition coefficient (Wildman–Crippen LogP) is 8.82. The fourth-order valence-electron chi connectivity index (χ4n) is 4.90. The number of rotatable bonds is 19. The fraction of sp³-hybridized carbons (Fsp3) is 0.700. The predicted molar refractivity (Wildman–Crippen MR) is 139 cm³/mol. The summed E-state index contributed by atoms with van der Waals surface area (Å²) in [7, 11) is 0. The molecule has 0 saturated carbocycles. The molecule has 0 spiro atoms. The molecule has 0 atom stereocenters. The van der Waals surface area contributed by atoms with Gasteiger partial charge in [-0.05, 0) is 18.4 Å². The molecule has 32 heavy (non-hydrogen) atoms. The van der Waals surface area contributed by atoms with E-state index in [-0.39, 0.29) is 0 Å². The Morgan fingerprint density at radius 1 is 0.688 bits per heavy atom. The van der Waals surface area contributed by atoms with Crippen LogP contribution in [0.2, 0.25) is 0 Å². The van der Waals surface area contributed by atoms with Crippen molar-refractivity contribution in [2.24, 2.45) is 0 Å². The zero-order valence-corrected chi connectivity index (χ0v) is 21.5. The van der Waals surface area contributed by atoms with Gasteiger partial charge in [0.1, 0.15) is 18.9 Å². The smallest absolute Gasteiger partial charge is 0.234 e. The van der Waals surface area contributed by atoms with Gasteiger partial charge in [0.2, 0.25) is 0 Å². The van der Waals surface area contributed by atoms with E-state index in [1.54, 1.807) is 0 Å². The highest BCUT2D eigenvalue weighted by Gasteiger charge is 2.20. The van der Waals surface area contributed by atoms with Crippen molar-refractivity contribution < 1.29 is 4.57 Å². The van der Waals surface area contributed by atoms with Crippen molar-refractivity contribution in [1.82, 2.24) is 4.57 Å². The van der Waals surface area contributed by atoms with Crippen molar-refractivity contribution >= 4 is 0 Å². The molecule has 2 nitrogen and oxygen atoms in total. The van der Waals surface area contributed by atoms with Crippen LogP contribution in [0.4, 0.5) is 0 Å². The van der Waals surface area contributed by atoms with E-state index in [4.69, 9.17) is 0 Å². The number of hydrogen-bond donors (Lipinski definition) is 0. The first-order chi connectivity index (χ1) is 15.7. The minimum atomic E-state index is 0.546. The number of imidazole rings is 1. The highest BCUT2D eigenvalue weighted by Crippen LogP contribution is 2.15. The van der Waals surface area contributed by atoms with Crippen molar-refractivity contribution in [3.8, 4) is 0 Å². The van der Waals surface area contributed by atoms with Crippen LogP contribution < -0.4 is 4.57 Å². The second kappa shape index (κ2) is 17.0. The minimum Gasteiger partial charge on any atom is -0.234 e. The van der Waals surface area contributed by atoms with Gasteiger partial charge in [0.25, 0.3) is 5.82 Å². The summed E-state index contributed by atoms with van der Waals surface area (Å²) in [6, 6.07) is 10.8. The van der Waals surface area contributed by atoms with Crippen LogP contribution in [0.1, 0.15) is 134 Å². The molecule has 0 aliphatic heterocycles. The van der Waals surface area contributed by atoms with E-state index < -0.39 is 0 Å². The molecule has 0 amide bonds. The van der Waals surface area contributed by atoms with Gasteiger partial charge >= 0.3 is 0 Å². The first kappa shape index (κ1) is 26.7. The van der Waals surface area contributed by atoms with Gasteiger partial charge in [-0.2, -0.15) is 0 Å². The van der Waals surface area contributed by atoms with Crippen molar-refractivity contribution in [2.45, 2.75) is 136 Å². The maximum absolute atomic E-state index is 2.50. The van der Waals surface area contributed by atoms with Gasteiger partial charge in [0, 0.05) is 0 Å². The van der Waals surface area contributed by atoms with Gasteiger partial charge in [0.15, 0.2) is 0 Å². The van der Waals surface area contributed by atoms with E-state index in [0.29, 0.717) is 5.92 Å². The number of unbranched alkanes of at least 4 members (excludes halogenated alkanes) is 14. The molecule has 1 aromatic carbocycles. The lowest BCUT2D eigenvalue weighted by Crippen LogP contribution is -2.38. The Bertz CT molecular complexity index is 686. The Morgan fingerprint density at radius 3 is 1.69 bits per heavy atom. The highest BCUT2D eigenvalue weighted by atomic mass is 15.1. The van der Waals surface area contributed by atoms with Crippen LogP contribution in [0, 0.1) is 0 Å². The molecule has 2 heteroatoms. The molecular weight excluding hydrogens is 388 g/mol. The number of aryl methyl sites for hydroxylation is 1. The van der Waals surface area contributed by atoms with Crippen molar-refractivity contribution in [3.63, 3.8) is 0 Å². The topological polar surface area (TPSA) is 8.81 Å². The van der Waals surface area contributed by atoms with Crippen molar-refractivity contribution in [3.05, 3.63) is 54.1 Å². The minimum absolute atomic E-state index is 0.546. The van der Waals surface area contributed by atoms with E-state index in [1.165, 1.54) is 108 Å².